The van der Waals surface area contributed by atoms with E-state index in [4.69, 9.17) is 9.57 Å². The lowest BCUT2D eigenvalue weighted by Gasteiger charge is -2.26. The summed E-state index contributed by atoms with van der Waals surface area (Å²) in [4.78, 5) is 5.79. The van der Waals surface area contributed by atoms with Gasteiger partial charge < -0.3 is 9.57 Å². The number of hydrogen-bond donors (Lipinski definition) is 0. The minimum Gasteiger partial charge on any atom is -0.491 e. The van der Waals surface area contributed by atoms with E-state index < -0.39 is 0 Å². The molecule has 1 aromatic carbocycles. The maximum atomic E-state index is 5.79. The van der Waals surface area contributed by atoms with Gasteiger partial charge in [0.05, 0.1) is 6.10 Å². The van der Waals surface area contributed by atoms with E-state index in [1.807, 2.05) is 43.2 Å². The highest BCUT2D eigenvalue weighted by Gasteiger charge is 2.11. The second-order valence-corrected chi connectivity index (χ2v) is 4.72. The predicted octanol–water partition coefficient (Wildman–Crippen LogP) is 3.25. The average molecular weight is 235 g/mol. The number of ether oxygens (including phenoxy) is 1. The molecule has 3 nitrogen and oxygen atoms in total. The van der Waals surface area contributed by atoms with Crippen LogP contribution in [0.5, 0.6) is 11.5 Å². The van der Waals surface area contributed by atoms with Gasteiger partial charge in [0.25, 0.3) is 0 Å². The van der Waals surface area contributed by atoms with Gasteiger partial charge in [-0.15, -0.1) is 5.06 Å². The van der Waals surface area contributed by atoms with Crippen LogP contribution in [0.2, 0.25) is 0 Å². The third-order valence-corrected chi connectivity index (χ3v) is 2.75. The molecule has 0 aliphatic carbocycles. The average Bonchev–Trinajstić information content (AvgIpc) is 2.32. The number of hydroxylamine groups is 2. The number of piperidine rings is 1. The van der Waals surface area contributed by atoms with E-state index in [0.29, 0.717) is 0 Å². The lowest BCUT2D eigenvalue weighted by Crippen LogP contribution is -2.32. The SMILES string of the molecule is CC(C)Oc1ccc(ON2CCCCC2)cc1. The van der Waals surface area contributed by atoms with Gasteiger partial charge in [0.1, 0.15) is 11.5 Å². The van der Waals surface area contributed by atoms with Crippen molar-refractivity contribution >= 4 is 0 Å². The summed E-state index contributed by atoms with van der Waals surface area (Å²) in [6.45, 7) is 6.12. The molecule has 3 heteroatoms. The lowest BCUT2D eigenvalue weighted by atomic mass is 10.2. The Labute approximate surface area is 103 Å². The maximum absolute atomic E-state index is 5.79. The van der Waals surface area contributed by atoms with Gasteiger partial charge in [-0.25, -0.2) is 0 Å². The van der Waals surface area contributed by atoms with Crippen LogP contribution in [0.15, 0.2) is 24.3 Å². The maximum Gasteiger partial charge on any atom is 0.147 e. The molecule has 0 unspecified atom stereocenters. The van der Waals surface area contributed by atoms with Crippen LogP contribution in [0.1, 0.15) is 33.1 Å². The largest absolute Gasteiger partial charge is 0.491 e. The van der Waals surface area contributed by atoms with Crippen molar-refractivity contribution in [1.82, 2.24) is 5.06 Å². The van der Waals surface area contributed by atoms with Crippen molar-refractivity contribution in [3.8, 4) is 11.5 Å². The van der Waals surface area contributed by atoms with E-state index in [0.717, 1.165) is 24.6 Å². The Morgan fingerprint density at radius 1 is 0.941 bits per heavy atom. The fourth-order valence-electron chi connectivity index (χ4n) is 1.96. The topological polar surface area (TPSA) is 21.7 Å². The molecular weight excluding hydrogens is 214 g/mol. The molecule has 1 heterocycles. The summed E-state index contributed by atoms with van der Waals surface area (Å²) in [5.74, 6) is 1.79. The molecule has 17 heavy (non-hydrogen) atoms. The Morgan fingerprint density at radius 3 is 2.12 bits per heavy atom. The van der Waals surface area contributed by atoms with Crippen molar-refractivity contribution in [2.75, 3.05) is 13.1 Å². The first-order valence-electron chi connectivity index (χ1n) is 6.44. The number of rotatable bonds is 4. The minimum atomic E-state index is 0.212. The molecule has 1 aromatic rings. The Balaban J connectivity index is 1.88. The predicted molar refractivity (Wildman–Crippen MR) is 68.3 cm³/mol. The zero-order valence-corrected chi connectivity index (χ0v) is 10.7. The summed E-state index contributed by atoms with van der Waals surface area (Å²) in [7, 11) is 0. The molecule has 2 rings (SSSR count). The molecule has 0 N–H and O–H groups in total. The third-order valence-electron chi connectivity index (χ3n) is 2.75. The summed E-state index contributed by atoms with van der Waals surface area (Å²) < 4.78 is 5.59. The van der Waals surface area contributed by atoms with Crippen LogP contribution in [-0.4, -0.2) is 24.3 Å². The monoisotopic (exact) mass is 235 g/mol. The molecule has 0 radical (unpaired) electrons. The highest BCUT2D eigenvalue weighted by atomic mass is 16.7. The number of hydrogen-bond acceptors (Lipinski definition) is 3. The second kappa shape index (κ2) is 5.92. The molecule has 0 bridgehead atoms. The van der Waals surface area contributed by atoms with E-state index in [9.17, 15) is 0 Å². The fraction of sp³-hybridized carbons (Fsp3) is 0.571. The molecule has 0 saturated carbocycles. The van der Waals surface area contributed by atoms with E-state index in [1.54, 1.807) is 0 Å². The quantitative estimate of drug-likeness (QED) is 0.799. The van der Waals surface area contributed by atoms with Gasteiger partial charge in [-0.2, -0.15) is 0 Å². The highest BCUT2D eigenvalue weighted by Crippen LogP contribution is 2.20. The normalized spacial score (nSPS) is 17.1. The molecular formula is C14H21NO2. The van der Waals surface area contributed by atoms with Gasteiger partial charge in [0.15, 0.2) is 0 Å². The van der Waals surface area contributed by atoms with Gasteiger partial charge in [0.2, 0.25) is 0 Å². The Bertz CT molecular complexity index is 329. The second-order valence-electron chi connectivity index (χ2n) is 4.72. The van der Waals surface area contributed by atoms with Crippen molar-refractivity contribution in [3.63, 3.8) is 0 Å². The van der Waals surface area contributed by atoms with E-state index in [-0.39, 0.29) is 6.10 Å². The van der Waals surface area contributed by atoms with E-state index in [1.165, 1.54) is 19.3 Å². The Kier molecular flexibility index (Phi) is 4.26. The van der Waals surface area contributed by atoms with Gasteiger partial charge in [0, 0.05) is 13.1 Å². The molecule has 0 amide bonds. The third kappa shape index (κ3) is 3.93. The van der Waals surface area contributed by atoms with E-state index in [2.05, 4.69) is 0 Å². The van der Waals surface area contributed by atoms with Crippen LogP contribution in [0, 0.1) is 0 Å². The molecule has 94 valence electrons. The zero-order chi connectivity index (χ0) is 12.1. The summed E-state index contributed by atoms with van der Waals surface area (Å²) in [5, 5.41) is 2.04. The summed E-state index contributed by atoms with van der Waals surface area (Å²) in [6, 6.07) is 7.84. The van der Waals surface area contributed by atoms with Crippen LogP contribution in [0.4, 0.5) is 0 Å². The van der Waals surface area contributed by atoms with Crippen molar-refractivity contribution in [2.24, 2.45) is 0 Å². The zero-order valence-electron chi connectivity index (χ0n) is 10.7. The van der Waals surface area contributed by atoms with Gasteiger partial charge >= 0.3 is 0 Å². The molecule has 1 aliphatic heterocycles. The molecule has 1 fully saturated rings. The number of nitrogens with zero attached hydrogens (tertiary/aromatic N) is 1. The molecule has 0 spiro atoms. The van der Waals surface area contributed by atoms with Crippen LogP contribution < -0.4 is 9.57 Å². The first-order valence-corrected chi connectivity index (χ1v) is 6.44. The van der Waals surface area contributed by atoms with Gasteiger partial charge in [-0.05, 0) is 51.0 Å². The summed E-state index contributed by atoms with van der Waals surface area (Å²) in [6.07, 6.45) is 3.99. The molecule has 0 atom stereocenters. The first-order chi connectivity index (χ1) is 8.24. The van der Waals surface area contributed by atoms with Crippen molar-refractivity contribution in [3.05, 3.63) is 24.3 Å². The highest BCUT2D eigenvalue weighted by molar-refractivity contribution is 5.31. The Morgan fingerprint density at radius 2 is 1.53 bits per heavy atom. The van der Waals surface area contributed by atoms with Crippen molar-refractivity contribution in [1.29, 1.82) is 0 Å². The summed E-state index contributed by atoms with van der Waals surface area (Å²) in [5.41, 5.74) is 0. The van der Waals surface area contributed by atoms with Crippen LogP contribution in [0.3, 0.4) is 0 Å². The van der Waals surface area contributed by atoms with Crippen LogP contribution >= 0.6 is 0 Å². The molecule has 1 saturated heterocycles. The standard InChI is InChI=1S/C14H21NO2/c1-12(2)16-13-6-8-14(9-7-13)17-15-10-4-3-5-11-15/h6-9,12H,3-5,10-11H2,1-2H3. The minimum absolute atomic E-state index is 0.212. The van der Waals surface area contributed by atoms with Crippen LogP contribution in [-0.2, 0) is 0 Å². The van der Waals surface area contributed by atoms with Gasteiger partial charge in [-0.1, -0.05) is 6.42 Å². The smallest absolute Gasteiger partial charge is 0.147 e. The lowest BCUT2D eigenvalue weighted by molar-refractivity contribution is -0.0720. The fourth-order valence-corrected chi connectivity index (χ4v) is 1.96. The number of benzene rings is 1. The molecule has 0 aromatic heterocycles. The Hall–Kier alpha value is -1.22. The van der Waals surface area contributed by atoms with Crippen molar-refractivity contribution in [2.45, 2.75) is 39.2 Å². The molecule has 1 aliphatic rings. The first kappa shape index (κ1) is 12.2. The summed E-state index contributed by atoms with van der Waals surface area (Å²) >= 11 is 0. The van der Waals surface area contributed by atoms with Crippen molar-refractivity contribution < 1.29 is 9.57 Å². The van der Waals surface area contributed by atoms with E-state index >= 15 is 0 Å². The van der Waals surface area contributed by atoms with Gasteiger partial charge in [-0.3, -0.25) is 0 Å². The van der Waals surface area contributed by atoms with Crippen LogP contribution in [0.25, 0.3) is 0 Å².